The van der Waals surface area contributed by atoms with Gasteiger partial charge in [-0.3, -0.25) is 0 Å². The van der Waals surface area contributed by atoms with Gasteiger partial charge in [0.25, 0.3) is 0 Å². The number of rotatable bonds is 3. The van der Waals surface area contributed by atoms with E-state index < -0.39 is 0 Å². The van der Waals surface area contributed by atoms with Gasteiger partial charge in [-0.25, -0.2) is 14.4 Å². The number of nitrogens with zero attached hydrogens (tertiary/aromatic N) is 6. The van der Waals surface area contributed by atoms with Crippen molar-refractivity contribution in [2.24, 2.45) is 0 Å². The highest BCUT2D eigenvalue weighted by Crippen LogP contribution is 2.19. The van der Waals surface area contributed by atoms with Gasteiger partial charge in [0.15, 0.2) is 5.82 Å². The minimum atomic E-state index is -0.208. The minimum Gasteiger partial charge on any atom is -0.331 e. The molecule has 0 amide bonds. The Balaban J connectivity index is 1.57. The van der Waals surface area contributed by atoms with E-state index in [9.17, 15) is 4.39 Å². The third-order valence-electron chi connectivity index (χ3n) is 4.20. The number of anilines is 1. The normalized spacial score (nSPS) is 13.8. The van der Waals surface area contributed by atoms with Crippen molar-refractivity contribution >= 4 is 5.95 Å². The van der Waals surface area contributed by atoms with Gasteiger partial charge < -0.3 is 9.47 Å². The molecular formula is C17H17FN6. The second-order valence-electron chi connectivity index (χ2n) is 5.87. The molecule has 3 heterocycles. The highest BCUT2D eigenvalue weighted by Gasteiger charge is 2.23. The van der Waals surface area contributed by atoms with Crippen LogP contribution in [0.1, 0.15) is 22.9 Å². The third-order valence-corrected chi connectivity index (χ3v) is 4.20. The zero-order chi connectivity index (χ0) is 16.5. The largest absolute Gasteiger partial charge is 0.331 e. The average molecular weight is 324 g/mol. The lowest BCUT2D eigenvalue weighted by Crippen LogP contribution is -2.35. The molecule has 24 heavy (non-hydrogen) atoms. The molecule has 122 valence electrons. The Morgan fingerprint density at radius 2 is 2.00 bits per heavy atom. The average Bonchev–Trinajstić information content (AvgIpc) is 2.99. The molecule has 0 saturated heterocycles. The van der Waals surface area contributed by atoms with E-state index in [0.29, 0.717) is 24.5 Å². The first-order valence-electron chi connectivity index (χ1n) is 7.89. The van der Waals surface area contributed by atoms with Crippen LogP contribution in [0, 0.1) is 12.7 Å². The summed E-state index contributed by atoms with van der Waals surface area (Å²) in [4.78, 5) is 10.9. The first-order chi connectivity index (χ1) is 11.7. The van der Waals surface area contributed by atoms with E-state index in [1.165, 1.54) is 6.07 Å². The molecule has 0 unspecified atom stereocenters. The molecule has 0 radical (unpaired) electrons. The molecule has 3 aromatic rings. The predicted octanol–water partition coefficient (Wildman–Crippen LogP) is 2.13. The maximum Gasteiger partial charge on any atom is 0.225 e. The molecule has 0 N–H and O–H groups in total. The Labute approximate surface area is 139 Å². The van der Waals surface area contributed by atoms with Crippen molar-refractivity contribution in [1.29, 1.82) is 0 Å². The van der Waals surface area contributed by atoms with Crippen molar-refractivity contribution in [2.45, 2.75) is 26.4 Å². The Bertz CT molecular complexity index is 875. The van der Waals surface area contributed by atoms with Crippen LogP contribution in [0.4, 0.5) is 10.3 Å². The SMILES string of the molecule is Cc1ccnc(N2CCn3c(Cc4ccccc4F)nnc3C2)n1. The lowest BCUT2D eigenvalue weighted by Gasteiger charge is -2.27. The molecule has 1 aliphatic heterocycles. The lowest BCUT2D eigenvalue weighted by atomic mass is 10.1. The maximum absolute atomic E-state index is 13.9. The van der Waals surface area contributed by atoms with Crippen LogP contribution in [0.3, 0.4) is 0 Å². The predicted molar refractivity (Wildman–Crippen MR) is 87.0 cm³/mol. The molecule has 6 nitrogen and oxygen atoms in total. The summed E-state index contributed by atoms with van der Waals surface area (Å²) in [5, 5.41) is 8.53. The second kappa shape index (κ2) is 5.99. The van der Waals surface area contributed by atoms with Crippen molar-refractivity contribution in [1.82, 2.24) is 24.7 Å². The summed E-state index contributed by atoms with van der Waals surface area (Å²) in [6, 6.07) is 8.66. The summed E-state index contributed by atoms with van der Waals surface area (Å²) in [5.41, 5.74) is 1.57. The molecule has 1 aromatic carbocycles. The minimum absolute atomic E-state index is 0.208. The maximum atomic E-state index is 13.9. The standard InChI is InChI=1S/C17H17FN6/c1-12-6-7-19-17(20-12)23-8-9-24-15(21-22-16(24)11-23)10-13-4-2-3-5-14(13)18/h2-7H,8-11H2,1H3. The Morgan fingerprint density at radius 3 is 2.83 bits per heavy atom. The number of aryl methyl sites for hydroxylation is 1. The quantitative estimate of drug-likeness (QED) is 0.739. The van der Waals surface area contributed by atoms with Crippen molar-refractivity contribution in [3.63, 3.8) is 0 Å². The molecule has 7 heteroatoms. The zero-order valence-corrected chi connectivity index (χ0v) is 13.4. The van der Waals surface area contributed by atoms with E-state index in [0.717, 1.165) is 30.4 Å². The number of hydrogen-bond donors (Lipinski definition) is 0. The van der Waals surface area contributed by atoms with Gasteiger partial charge in [-0.15, -0.1) is 10.2 Å². The lowest BCUT2D eigenvalue weighted by molar-refractivity contribution is 0.536. The monoisotopic (exact) mass is 324 g/mol. The van der Waals surface area contributed by atoms with Gasteiger partial charge in [0.1, 0.15) is 11.6 Å². The summed E-state index contributed by atoms with van der Waals surface area (Å²) in [7, 11) is 0. The molecule has 0 atom stereocenters. The van der Waals surface area contributed by atoms with Crippen molar-refractivity contribution in [2.75, 3.05) is 11.4 Å². The fraction of sp³-hybridized carbons (Fsp3) is 0.294. The van der Waals surface area contributed by atoms with Gasteiger partial charge in [-0.1, -0.05) is 18.2 Å². The van der Waals surface area contributed by atoms with Crippen molar-refractivity contribution in [3.05, 3.63) is 65.3 Å². The van der Waals surface area contributed by atoms with E-state index in [2.05, 4.69) is 29.6 Å². The smallest absolute Gasteiger partial charge is 0.225 e. The summed E-state index contributed by atoms with van der Waals surface area (Å²) in [6.07, 6.45) is 2.21. The van der Waals surface area contributed by atoms with E-state index in [1.54, 1.807) is 18.3 Å². The van der Waals surface area contributed by atoms with Crippen LogP contribution >= 0.6 is 0 Å². The van der Waals surface area contributed by atoms with Gasteiger partial charge >= 0.3 is 0 Å². The van der Waals surface area contributed by atoms with Crippen LogP contribution in [-0.2, 0) is 19.5 Å². The van der Waals surface area contributed by atoms with Crippen LogP contribution in [0.25, 0.3) is 0 Å². The summed E-state index contributed by atoms with van der Waals surface area (Å²) >= 11 is 0. The van der Waals surface area contributed by atoms with Crippen LogP contribution in [0.5, 0.6) is 0 Å². The summed E-state index contributed by atoms with van der Waals surface area (Å²) in [5.74, 6) is 2.15. The van der Waals surface area contributed by atoms with E-state index in [1.807, 2.05) is 19.1 Å². The van der Waals surface area contributed by atoms with Gasteiger partial charge in [-0.2, -0.15) is 0 Å². The van der Waals surface area contributed by atoms with Crippen LogP contribution in [0.2, 0.25) is 0 Å². The van der Waals surface area contributed by atoms with E-state index in [-0.39, 0.29) is 5.82 Å². The van der Waals surface area contributed by atoms with E-state index >= 15 is 0 Å². The van der Waals surface area contributed by atoms with Gasteiger partial charge in [0, 0.05) is 31.4 Å². The Kier molecular flexibility index (Phi) is 3.68. The molecule has 0 bridgehead atoms. The fourth-order valence-electron chi connectivity index (χ4n) is 2.92. The van der Waals surface area contributed by atoms with Crippen molar-refractivity contribution < 1.29 is 4.39 Å². The molecule has 0 spiro atoms. The summed E-state index contributed by atoms with van der Waals surface area (Å²) < 4.78 is 15.9. The number of benzene rings is 1. The Hall–Kier alpha value is -2.83. The Morgan fingerprint density at radius 1 is 1.12 bits per heavy atom. The first kappa shape index (κ1) is 14.7. The number of fused-ring (bicyclic) bond motifs is 1. The van der Waals surface area contributed by atoms with Crippen LogP contribution in [0.15, 0.2) is 36.5 Å². The van der Waals surface area contributed by atoms with Gasteiger partial charge in [0.05, 0.1) is 6.54 Å². The molecule has 1 aliphatic rings. The number of aromatic nitrogens is 5. The third kappa shape index (κ3) is 2.73. The topological polar surface area (TPSA) is 59.7 Å². The molecule has 2 aromatic heterocycles. The highest BCUT2D eigenvalue weighted by molar-refractivity contribution is 5.32. The molecule has 0 fully saturated rings. The van der Waals surface area contributed by atoms with E-state index in [4.69, 9.17) is 0 Å². The molecular weight excluding hydrogens is 307 g/mol. The molecule has 0 aliphatic carbocycles. The van der Waals surface area contributed by atoms with Gasteiger partial charge in [0.2, 0.25) is 5.95 Å². The number of halogens is 1. The number of hydrogen-bond acceptors (Lipinski definition) is 5. The molecule has 0 saturated carbocycles. The first-order valence-corrected chi connectivity index (χ1v) is 7.89. The van der Waals surface area contributed by atoms with Crippen molar-refractivity contribution in [3.8, 4) is 0 Å². The van der Waals surface area contributed by atoms with Crippen LogP contribution < -0.4 is 4.90 Å². The zero-order valence-electron chi connectivity index (χ0n) is 13.4. The highest BCUT2D eigenvalue weighted by atomic mass is 19.1. The molecule has 4 rings (SSSR count). The summed E-state index contributed by atoms with van der Waals surface area (Å²) in [6.45, 7) is 4.07. The van der Waals surface area contributed by atoms with Gasteiger partial charge in [-0.05, 0) is 24.6 Å². The fourth-order valence-corrected chi connectivity index (χ4v) is 2.92. The van der Waals surface area contributed by atoms with Crippen LogP contribution in [-0.4, -0.2) is 31.3 Å². The second-order valence-corrected chi connectivity index (χ2v) is 5.87.